The fourth-order valence-electron chi connectivity index (χ4n) is 2.06. The number of anilines is 1. The van der Waals surface area contributed by atoms with Crippen molar-refractivity contribution in [1.29, 1.82) is 0 Å². The lowest BCUT2D eigenvalue weighted by Gasteiger charge is -2.12. The van der Waals surface area contributed by atoms with Crippen LogP contribution in [0.15, 0.2) is 0 Å². The van der Waals surface area contributed by atoms with Crippen LogP contribution >= 0.6 is 0 Å². The molecule has 0 bridgehead atoms. The first-order chi connectivity index (χ1) is 7.84. The number of hydrogen-bond acceptors (Lipinski definition) is 3. The lowest BCUT2D eigenvalue weighted by Crippen LogP contribution is -2.27. The van der Waals surface area contributed by atoms with Gasteiger partial charge in [0.15, 0.2) is 5.82 Å². The smallest absolute Gasteiger partial charge is 0.269 e. The molecule has 0 radical (unpaired) electrons. The summed E-state index contributed by atoms with van der Waals surface area (Å²) in [5.41, 5.74) is 1.68. The first kappa shape index (κ1) is 9.69. The zero-order valence-electron chi connectivity index (χ0n) is 9.18. The van der Waals surface area contributed by atoms with E-state index >= 15 is 0 Å². The van der Waals surface area contributed by atoms with E-state index in [0.717, 1.165) is 37.3 Å². The Balaban J connectivity index is 1.71. The monoisotopic (exact) mass is 220 g/mol. The van der Waals surface area contributed by atoms with Gasteiger partial charge in [0.1, 0.15) is 5.69 Å². The van der Waals surface area contributed by atoms with Crippen molar-refractivity contribution < 1.29 is 4.79 Å². The molecule has 0 atom stereocenters. The zero-order chi connectivity index (χ0) is 11.0. The van der Waals surface area contributed by atoms with Gasteiger partial charge in [-0.1, -0.05) is 0 Å². The number of hydrogen-bond donors (Lipinski definition) is 3. The first-order valence-electron chi connectivity index (χ1n) is 5.94. The molecule has 2 heterocycles. The maximum absolute atomic E-state index is 11.9. The van der Waals surface area contributed by atoms with Gasteiger partial charge in [0.2, 0.25) is 0 Å². The molecule has 5 heteroatoms. The predicted molar refractivity (Wildman–Crippen MR) is 60.5 cm³/mol. The molecule has 1 aliphatic heterocycles. The van der Waals surface area contributed by atoms with Crippen molar-refractivity contribution in [3.05, 3.63) is 11.3 Å². The second kappa shape index (κ2) is 3.81. The van der Waals surface area contributed by atoms with E-state index in [9.17, 15) is 4.79 Å². The normalized spacial score (nSPS) is 18.8. The minimum Gasteiger partial charge on any atom is -0.368 e. The summed E-state index contributed by atoms with van der Waals surface area (Å²) in [7, 11) is 0. The zero-order valence-corrected chi connectivity index (χ0v) is 9.18. The van der Waals surface area contributed by atoms with Crippen LogP contribution in [0.25, 0.3) is 0 Å². The molecule has 2 aliphatic rings. The fraction of sp³-hybridized carbons (Fsp3) is 0.636. The SMILES string of the molecule is O=C(NCC1CC1)c1[nH]nc2c1CCCN2. The number of H-pyrrole nitrogens is 1. The third-order valence-corrected chi connectivity index (χ3v) is 3.24. The summed E-state index contributed by atoms with van der Waals surface area (Å²) in [5.74, 6) is 1.55. The van der Waals surface area contributed by atoms with E-state index in [1.165, 1.54) is 12.8 Å². The topological polar surface area (TPSA) is 69.8 Å². The molecule has 1 aliphatic carbocycles. The molecule has 1 fully saturated rings. The molecule has 0 spiro atoms. The fourth-order valence-corrected chi connectivity index (χ4v) is 2.06. The Morgan fingerprint density at radius 2 is 2.38 bits per heavy atom. The molecule has 0 aromatic carbocycles. The van der Waals surface area contributed by atoms with E-state index in [1.54, 1.807) is 0 Å². The summed E-state index contributed by atoms with van der Waals surface area (Å²) in [5, 5.41) is 13.1. The summed E-state index contributed by atoms with van der Waals surface area (Å²) >= 11 is 0. The van der Waals surface area contributed by atoms with Crippen molar-refractivity contribution in [3.63, 3.8) is 0 Å². The lowest BCUT2D eigenvalue weighted by molar-refractivity contribution is 0.0946. The molecule has 3 N–H and O–H groups in total. The third kappa shape index (κ3) is 1.77. The Morgan fingerprint density at radius 3 is 3.19 bits per heavy atom. The molecular weight excluding hydrogens is 204 g/mol. The number of aromatic nitrogens is 2. The van der Waals surface area contributed by atoms with Gasteiger partial charge in [-0.15, -0.1) is 0 Å². The maximum atomic E-state index is 11.9. The average Bonchev–Trinajstić information content (AvgIpc) is 3.04. The van der Waals surface area contributed by atoms with Crippen molar-refractivity contribution in [2.45, 2.75) is 25.7 Å². The molecule has 1 aromatic rings. The summed E-state index contributed by atoms with van der Waals surface area (Å²) in [6, 6.07) is 0. The minimum atomic E-state index is -0.00986. The summed E-state index contributed by atoms with van der Waals surface area (Å²) in [6.07, 6.45) is 4.51. The highest BCUT2D eigenvalue weighted by molar-refractivity contribution is 5.95. The van der Waals surface area contributed by atoms with Crippen LogP contribution in [0.1, 0.15) is 35.3 Å². The first-order valence-corrected chi connectivity index (χ1v) is 5.94. The molecule has 86 valence electrons. The number of carbonyl (C=O) groups excluding carboxylic acids is 1. The lowest BCUT2D eigenvalue weighted by atomic mass is 10.1. The minimum absolute atomic E-state index is 0.00986. The number of aromatic amines is 1. The predicted octanol–water partition coefficient (Wildman–Crippen LogP) is 0.908. The van der Waals surface area contributed by atoms with Crippen molar-refractivity contribution in [3.8, 4) is 0 Å². The van der Waals surface area contributed by atoms with Crippen LogP contribution in [0.4, 0.5) is 5.82 Å². The van der Waals surface area contributed by atoms with Gasteiger partial charge in [-0.05, 0) is 31.6 Å². The maximum Gasteiger partial charge on any atom is 0.269 e. The number of amides is 1. The van der Waals surface area contributed by atoms with Crippen LogP contribution < -0.4 is 10.6 Å². The van der Waals surface area contributed by atoms with Crippen LogP contribution in [0.5, 0.6) is 0 Å². The Morgan fingerprint density at radius 1 is 1.50 bits per heavy atom. The van der Waals surface area contributed by atoms with Gasteiger partial charge in [-0.3, -0.25) is 9.89 Å². The van der Waals surface area contributed by atoms with E-state index in [4.69, 9.17) is 0 Å². The Bertz CT molecular complexity index is 408. The summed E-state index contributed by atoms with van der Waals surface area (Å²) in [6.45, 7) is 1.75. The molecule has 5 nitrogen and oxygen atoms in total. The summed E-state index contributed by atoms with van der Waals surface area (Å²) < 4.78 is 0. The van der Waals surface area contributed by atoms with Gasteiger partial charge in [-0.25, -0.2) is 0 Å². The highest BCUT2D eigenvalue weighted by atomic mass is 16.1. The van der Waals surface area contributed by atoms with Crippen LogP contribution in [0.2, 0.25) is 0 Å². The van der Waals surface area contributed by atoms with Crippen molar-refractivity contribution in [2.75, 3.05) is 18.4 Å². The van der Waals surface area contributed by atoms with E-state index in [2.05, 4.69) is 20.8 Å². The number of rotatable bonds is 3. The quantitative estimate of drug-likeness (QED) is 0.709. The molecule has 1 saturated carbocycles. The van der Waals surface area contributed by atoms with E-state index < -0.39 is 0 Å². The van der Waals surface area contributed by atoms with Gasteiger partial charge in [0.05, 0.1) is 0 Å². The molecule has 16 heavy (non-hydrogen) atoms. The van der Waals surface area contributed by atoms with Crippen LogP contribution in [-0.4, -0.2) is 29.2 Å². The average molecular weight is 220 g/mol. The van der Waals surface area contributed by atoms with Crippen LogP contribution in [0.3, 0.4) is 0 Å². The van der Waals surface area contributed by atoms with Gasteiger partial charge >= 0.3 is 0 Å². The molecule has 1 aromatic heterocycles. The van der Waals surface area contributed by atoms with E-state index in [0.29, 0.717) is 11.6 Å². The Labute approximate surface area is 94.0 Å². The van der Waals surface area contributed by atoms with E-state index in [-0.39, 0.29) is 5.91 Å². The highest BCUT2D eigenvalue weighted by Gasteiger charge is 2.24. The second-order valence-corrected chi connectivity index (χ2v) is 4.61. The molecule has 0 saturated heterocycles. The second-order valence-electron chi connectivity index (χ2n) is 4.61. The number of fused-ring (bicyclic) bond motifs is 1. The highest BCUT2D eigenvalue weighted by Crippen LogP contribution is 2.28. The van der Waals surface area contributed by atoms with Crippen molar-refractivity contribution in [2.24, 2.45) is 5.92 Å². The number of nitrogens with zero attached hydrogens (tertiary/aromatic N) is 1. The molecule has 3 rings (SSSR count). The summed E-state index contributed by atoms with van der Waals surface area (Å²) in [4.78, 5) is 11.9. The molecule has 1 amide bonds. The van der Waals surface area contributed by atoms with Gasteiger partial charge in [0.25, 0.3) is 5.91 Å². The molecule has 0 unspecified atom stereocenters. The van der Waals surface area contributed by atoms with Crippen molar-refractivity contribution >= 4 is 11.7 Å². The van der Waals surface area contributed by atoms with Crippen LogP contribution in [0, 0.1) is 5.92 Å². The number of nitrogens with one attached hydrogen (secondary N) is 3. The Hall–Kier alpha value is -1.52. The third-order valence-electron chi connectivity index (χ3n) is 3.24. The Kier molecular flexibility index (Phi) is 2.31. The van der Waals surface area contributed by atoms with Crippen molar-refractivity contribution in [1.82, 2.24) is 15.5 Å². The van der Waals surface area contributed by atoms with Gasteiger partial charge in [0, 0.05) is 18.7 Å². The largest absolute Gasteiger partial charge is 0.368 e. The van der Waals surface area contributed by atoms with Gasteiger partial charge < -0.3 is 10.6 Å². The van der Waals surface area contributed by atoms with E-state index in [1.807, 2.05) is 0 Å². The van der Waals surface area contributed by atoms with Gasteiger partial charge in [-0.2, -0.15) is 5.10 Å². The van der Waals surface area contributed by atoms with Crippen LogP contribution in [-0.2, 0) is 6.42 Å². The number of carbonyl (C=O) groups is 1. The standard InChI is InChI=1S/C11H16N4O/c16-11(13-6-7-3-4-7)9-8-2-1-5-12-10(8)15-14-9/h7H,1-6H2,(H,13,16)(H2,12,14,15). The molecular formula is C11H16N4O.